The monoisotopic (exact) mass is 368 g/mol. The highest BCUT2D eigenvalue weighted by molar-refractivity contribution is 5.35. The van der Waals surface area contributed by atoms with E-state index < -0.39 is 0 Å². The number of pyridine rings is 2. The third kappa shape index (κ3) is 4.22. The van der Waals surface area contributed by atoms with Crippen molar-refractivity contribution in [2.24, 2.45) is 11.8 Å². The van der Waals surface area contributed by atoms with Crippen LogP contribution < -0.4 is 10.1 Å². The van der Waals surface area contributed by atoms with Gasteiger partial charge in [0.2, 0.25) is 0 Å². The Morgan fingerprint density at radius 3 is 2.74 bits per heavy atom. The first-order valence-corrected chi connectivity index (χ1v) is 9.65. The van der Waals surface area contributed by atoms with E-state index in [9.17, 15) is 0 Å². The van der Waals surface area contributed by atoms with Crippen molar-refractivity contribution in [1.29, 1.82) is 0 Å². The maximum absolute atomic E-state index is 5.83. The van der Waals surface area contributed by atoms with Crippen molar-refractivity contribution >= 4 is 5.82 Å². The van der Waals surface area contributed by atoms with Gasteiger partial charge in [-0.1, -0.05) is 6.07 Å². The summed E-state index contributed by atoms with van der Waals surface area (Å²) in [6, 6.07) is 8.37. The molecular weight excluding hydrogens is 340 g/mol. The summed E-state index contributed by atoms with van der Waals surface area (Å²) in [7, 11) is 3.51. The molecule has 2 fully saturated rings. The van der Waals surface area contributed by atoms with Gasteiger partial charge in [0.1, 0.15) is 11.6 Å². The van der Waals surface area contributed by atoms with E-state index in [1.54, 1.807) is 13.3 Å². The number of aromatic nitrogens is 2. The molecule has 0 radical (unpaired) electrons. The minimum atomic E-state index is 0.228. The molecule has 6 nitrogen and oxygen atoms in total. The van der Waals surface area contributed by atoms with Gasteiger partial charge < -0.3 is 14.8 Å². The van der Waals surface area contributed by atoms with Crippen LogP contribution in [0.25, 0.3) is 0 Å². The zero-order chi connectivity index (χ0) is 18.6. The summed E-state index contributed by atoms with van der Waals surface area (Å²) >= 11 is 0. The number of anilines is 1. The van der Waals surface area contributed by atoms with Crippen molar-refractivity contribution in [2.45, 2.75) is 31.5 Å². The second-order valence-corrected chi connectivity index (χ2v) is 7.66. The molecule has 0 aromatic carbocycles. The highest BCUT2D eigenvalue weighted by Crippen LogP contribution is 2.38. The molecule has 1 saturated heterocycles. The van der Waals surface area contributed by atoms with Crippen LogP contribution in [0.15, 0.2) is 42.9 Å². The Morgan fingerprint density at radius 2 is 2.00 bits per heavy atom. The van der Waals surface area contributed by atoms with Crippen LogP contribution >= 0.6 is 0 Å². The third-order valence-electron chi connectivity index (χ3n) is 5.91. The first kappa shape index (κ1) is 18.2. The molecular formula is C21H28N4O2. The lowest BCUT2D eigenvalue weighted by atomic mass is 9.77. The Morgan fingerprint density at radius 1 is 1.15 bits per heavy atom. The summed E-state index contributed by atoms with van der Waals surface area (Å²) in [4.78, 5) is 11.2. The highest BCUT2D eigenvalue weighted by atomic mass is 16.5. The smallest absolute Gasteiger partial charge is 0.137 e. The molecule has 144 valence electrons. The van der Waals surface area contributed by atoms with Crippen LogP contribution in [-0.2, 0) is 11.3 Å². The Kier molecular flexibility index (Phi) is 5.55. The van der Waals surface area contributed by atoms with Crippen molar-refractivity contribution in [3.05, 3.63) is 48.4 Å². The summed E-state index contributed by atoms with van der Waals surface area (Å²) in [5, 5.41) is 3.59. The van der Waals surface area contributed by atoms with Crippen LogP contribution in [-0.4, -0.2) is 54.3 Å². The summed E-state index contributed by atoms with van der Waals surface area (Å²) in [5.41, 5.74) is 1.21. The quantitative estimate of drug-likeness (QED) is 0.846. The molecule has 1 N–H and O–H groups in total. The van der Waals surface area contributed by atoms with Gasteiger partial charge in [0.15, 0.2) is 0 Å². The molecule has 3 heterocycles. The summed E-state index contributed by atoms with van der Waals surface area (Å²) in [6.45, 7) is 3.17. The fourth-order valence-corrected chi connectivity index (χ4v) is 4.61. The maximum Gasteiger partial charge on any atom is 0.137 e. The van der Waals surface area contributed by atoms with Crippen LogP contribution in [0.5, 0.6) is 5.75 Å². The highest BCUT2D eigenvalue weighted by Gasteiger charge is 2.42. The number of rotatable bonds is 6. The van der Waals surface area contributed by atoms with Crippen molar-refractivity contribution in [2.75, 3.05) is 32.6 Å². The number of hydrogen-bond donors (Lipinski definition) is 1. The molecule has 27 heavy (non-hydrogen) atoms. The number of nitrogens with one attached hydrogen (secondary N) is 1. The molecule has 2 aromatic heterocycles. The van der Waals surface area contributed by atoms with Crippen molar-refractivity contribution < 1.29 is 9.47 Å². The number of methoxy groups -OCH3 is 2. The number of ether oxygens (including phenoxy) is 2. The maximum atomic E-state index is 5.83. The van der Waals surface area contributed by atoms with Gasteiger partial charge in [0.05, 0.1) is 25.5 Å². The van der Waals surface area contributed by atoms with Gasteiger partial charge in [0.25, 0.3) is 0 Å². The molecule has 0 unspecified atom stereocenters. The average Bonchev–Trinajstić information content (AvgIpc) is 3.09. The zero-order valence-corrected chi connectivity index (χ0v) is 16.0. The van der Waals surface area contributed by atoms with E-state index in [4.69, 9.17) is 9.47 Å². The Labute approximate surface area is 160 Å². The van der Waals surface area contributed by atoms with E-state index in [0.29, 0.717) is 17.9 Å². The standard InChI is InChI=1S/C21H28N4O2/c1-26-18-7-15(10-22-11-18)12-25-13-16-8-19(20(27-2)9-17(16)14-25)24-21-5-3-4-6-23-21/h3-7,10-11,16-17,19-20H,8-9,12-14H2,1-2H3,(H,23,24)/t16-,17+,19-,20-/m1/s1. The fourth-order valence-electron chi connectivity index (χ4n) is 4.61. The minimum Gasteiger partial charge on any atom is -0.495 e. The lowest BCUT2D eigenvalue weighted by Crippen LogP contribution is -2.44. The first-order chi connectivity index (χ1) is 13.2. The lowest BCUT2D eigenvalue weighted by Gasteiger charge is -2.37. The predicted octanol–water partition coefficient (Wildman–Crippen LogP) is 2.82. The third-order valence-corrected chi connectivity index (χ3v) is 5.91. The molecule has 1 saturated carbocycles. The molecule has 4 atom stereocenters. The van der Waals surface area contributed by atoms with Crippen molar-refractivity contribution in [1.82, 2.24) is 14.9 Å². The van der Waals surface area contributed by atoms with E-state index >= 15 is 0 Å². The average molecular weight is 368 g/mol. The second kappa shape index (κ2) is 8.23. The first-order valence-electron chi connectivity index (χ1n) is 9.65. The van der Waals surface area contributed by atoms with Crippen LogP contribution in [0.3, 0.4) is 0 Å². The second-order valence-electron chi connectivity index (χ2n) is 7.66. The normalized spacial score (nSPS) is 27.9. The largest absolute Gasteiger partial charge is 0.495 e. The summed E-state index contributed by atoms with van der Waals surface area (Å²) in [6.07, 6.45) is 7.96. The SMILES string of the molecule is COc1cncc(CN2C[C@H]3C[C@@H](Nc4ccccn4)[C@H](OC)C[C@H]3C2)c1. The van der Waals surface area contributed by atoms with E-state index in [2.05, 4.69) is 26.3 Å². The summed E-state index contributed by atoms with van der Waals surface area (Å²) < 4.78 is 11.1. The van der Waals surface area contributed by atoms with Gasteiger partial charge in [-0.3, -0.25) is 9.88 Å². The Bertz CT molecular complexity index is 742. The van der Waals surface area contributed by atoms with E-state index in [1.165, 1.54) is 5.56 Å². The molecule has 0 bridgehead atoms. The molecule has 0 amide bonds. The van der Waals surface area contributed by atoms with E-state index in [0.717, 1.165) is 44.0 Å². The van der Waals surface area contributed by atoms with Crippen LogP contribution in [0, 0.1) is 11.8 Å². The lowest BCUT2D eigenvalue weighted by molar-refractivity contribution is 0.0304. The molecule has 1 aliphatic carbocycles. The number of fused-ring (bicyclic) bond motifs is 1. The topological polar surface area (TPSA) is 59.5 Å². The Balaban J connectivity index is 1.40. The molecule has 2 aliphatic rings. The zero-order valence-electron chi connectivity index (χ0n) is 16.0. The van der Waals surface area contributed by atoms with Crippen molar-refractivity contribution in [3.8, 4) is 5.75 Å². The van der Waals surface area contributed by atoms with Gasteiger partial charge in [-0.05, 0) is 48.4 Å². The fraction of sp³-hybridized carbons (Fsp3) is 0.524. The van der Waals surface area contributed by atoms with E-state index in [-0.39, 0.29) is 6.10 Å². The number of likely N-dealkylation sites (tertiary alicyclic amines) is 1. The molecule has 1 aliphatic heterocycles. The van der Waals surface area contributed by atoms with E-state index in [1.807, 2.05) is 37.7 Å². The Hall–Kier alpha value is -2.18. The molecule has 2 aromatic rings. The van der Waals surface area contributed by atoms with Gasteiger partial charge in [-0.2, -0.15) is 0 Å². The minimum absolute atomic E-state index is 0.228. The van der Waals surface area contributed by atoms with Crippen LogP contribution in [0.1, 0.15) is 18.4 Å². The number of nitrogens with zero attached hydrogens (tertiary/aromatic N) is 3. The van der Waals surface area contributed by atoms with Crippen molar-refractivity contribution in [3.63, 3.8) is 0 Å². The van der Waals surface area contributed by atoms with Gasteiger partial charge in [-0.25, -0.2) is 4.98 Å². The summed E-state index contributed by atoms with van der Waals surface area (Å²) in [5.74, 6) is 3.13. The molecule has 0 spiro atoms. The van der Waals surface area contributed by atoms with Gasteiger partial charge >= 0.3 is 0 Å². The van der Waals surface area contributed by atoms with Gasteiger partial charge in [0, 0.05) is 39.1 Å². The predicted molar refractivity (Wildman–Crippen MR) is 105 cm³/mol. The van der Waals surface area contributed by atoms with Crippen LogP contribution in [0.4, 0.5) is 5.82 Å². The number of hydrogen-bond acceptors (Lipinski definition) is 6. The molecule has 6 heteroatoms. The van der Waals surface area contributed by atoms with Crippen LogP contribution in [0.2, 0.25) is 0 Å². The van der Waals surface area contributed by atoms with Gasteiger partial charge in [-0.15, -0.1) is 0 Å². The molecule has 4 rings (SSSR count).